The lowest BCUT2D eigenvalue weighted by Gasteiger charge is -2.31. The van der Waals surface area contributed by atoms with E-state index in [-0.39, 0.29) is 24.3 Å². The molecular formula is C21H32N2O3. The summed E-state index contributed by atoms with van der Waals surface area (Å²) in [7, 11) is 0. The van der Waals surface area contributed by atoms with Crippen molar-refractivity contribution in [2.24, 2.45) is 5.92 Å². The molecule has 1 N–H and O–H groups in total. The zero-order chi connectivity index (χ0) is 18.8. The number of hydrogen-bond acceptors (Lipinski definition) is 3. The second-order valence-corrected chi connectivity index (χ2v) is 6.94. The van der Waals surface area contributed by atoms with Crippen molar-refractivity contribution in [2.45, 2.75) is 52.4 Å². The fraction of sp³-hybridized carbons (Fsp3) is 0.619. The quantitative estimate of drug-likeness (QED) is 0.688. The van der Waals surface area contributed by atoms with Crippen molar-refractivity contribution in [3.63, 3.8) is 0 Å². The molecule has 0 spiro atoms. The molecule has 5 nitrogen and oxygen atoms in total. The number of aryl methyl sites for hydroxylation is 1. The van der Waals surface area contributed by atoms with Crippen molar-refractivity contribution < 1.29 is 14.3 Å². The van der Waals surface area contributed by atoms with Crippen LogP contribution in [-0.2, 0) is 16.0 Å². The Bertz CT molecular complexity index is 563. The van der Waals surface area contributed by atoms with Crippen LogP contribution in [0.4, 0.5) is 0 Å². The van der Waals surface area contributed by atoms with Crippen LogP contribution >= 0.6 is 0 Å². The first kappa shape index (κ1) is 20.3. The molecule has 26 heavy (non-hydrogen) atoms. The molecule has 1 fully saturated rings. The summed E-state index contributed by atoms with van der Waals surface area (Å²) in [6, 6.07) is 7.84. The van der Waals surface area contributed by atoms with Crippen LogP contribution in [0.2, 0.25) is 0 Å². The highest BCUT2D eigenvalue weighted by Gasteiger charge is 2.27. The summed E-state index contributed by atoms with van der Waals surface area (Å²) in [5.74, 6) is 0.881. The first-order chi connectivity index (χ1) is 12.6. The molecule has 1 heterocycles. The van der Waals surface area contributed by atoms with Crippen LogP contribution in [0.3, 0.4) is 0 Å². The van der Waals surface area contributed by atoms with Crippen molar-refractivity contribution in [1.82, 2.24) is 10.2 Å². The van der Waals surface area contributed by atoms with Crippen molar-refractivity contribution in [3.8, 4) is 5.75 Å². The minimum atomic E-state index is -0.00799. The molecule has 0 saturated carbocycles. The molecule has 0 radical (unpaired) electrons. The molecule has 2 rings (SSSR count). The molecule has 0 unspecified atom stereocenters. The summed E-state index contributed by atoms with van der Waals surface area (Å²) >= 11 is 0. The van der Waals surface area contributed by atoms with Gasteiger partial charge in [0.1, 0.15) is 5.75 Å². The Balaban J connectivity index is 1.67. The van der Waals surface area contributed by atoms with Gasteiger partial charge < -0.3 is 15.0 Å². The molecule has 1 aliphatic rings. The van der Waals surface area contributed by atoms with Gasteiger partial charge in [-0.15, -0.1) is 0 Å². The van der Waals surface area contributed by atoms with E-state index in [9.17, 15) is 9.59 Å². The number of rotatable bonds is 9. The fourth-order valence-electron chi connectivity index (χ4n) is 3.18. The van der Waals surface area contributed by atoms with Gasteiger partial charge in [-0.05, 0) is 43.4 Å². The second kappa shape index (κ2) is 10.8. The van der Waals surface area contributed by atoms with E-state index in [1.54, 1.807) is 4.90 Å². The van der Waals surface area contributed by atoms with Gasteiger partial charge in [0.05, 0.1) is 0 Å². The van der Waals surface area contributed by atoms with Crippen molar-refractivity contribution >= 4 is 11.8 Å². The second-order valence-electron chi connectivity index (χ2n) is 6.94. The molecule has 0 atom stereocenters. The van der Waals surface area contributed by atoms with E-state index in [2.05, 4.69) is 19.2 Å². The van der Waals surface area contributed by atoms with E-state index >= 15 is 0 Å². The first-order valence-corrected chi connectivity index (χ1v) is 9.91. The number of likely N-dealkylation sites (tertiary alicyclic amines) is 1. The molecule has 144 valence electrons. The summed E-state index contributed by atoms with van der Waals surface area (Å²) in [6.45, 7) is 6.33. The van der Waals surface area contributed by atoms with Gasteiger partial charge >= 0.3 is 0 Å². The summed E-state index contributed by atoms with van der Waals surface area (Å²) in [6.07, 6.45) is 5.79. The molecule has 5 heteroatoms. The third-order valence-corrected chi connectivity index (χ3v) is 4.99. The van der Waals surface area contributed by atoms with Crippen LogP contribution in [0, 0.1) is 5.92 Å². The SMILES string of the molecule is CCCCCNC(=O)C1CCN(C(=O)COc2ccc(CC)cc2)CC1. The van der Waals surface area contributed by atoms with Gasteiger partial charge in [0, 0.05) is 25.6 Å². The number of benzene rings is 1. The molecule has 1 aromatic rings. The minimum absolute atomic E-state index is 0.00799. The Morgan fingerprint density at radius 2 is 1.81 bits per heavy atom. The number of nitrogens with one attached hydrogen (secondary N) is 1. The summed E-state index contributed by atoms with van der Waals surface area (Å²) in [5, 5.41) is 3.02. The highest BCUT2D eigenvalue weighted by atomic mass is 16.5. The van der Waals surface area contributed by atoms with Crippen molar-refractivity contribution in [3.05, 3.63) is 29.8 Å². The maximum atomic E-state index is 12.3. The number of unbranched alkanes of at least 4 members (excludes halogenated alkanes) is 2. The number of ether oxygens (including phenoxy) is 1. The fourth-order valence-corrected chi connectivity index (χ4v) is 3.18. The third kappa shape index (κ3) is 6.36. The van der Waals surface area contributed by atoms with Crippen molar-refractivity contribution in [2.75, 3.05) is 26.2 Å². The Labute approximate surface area is 157 Å². The first-order valence-electron chi connectivity index (χ1n) is 9.91. The average Bonchev–Trinajstić information content (AvgIpc) is 2.69. The van der Waals surface area contributed by atoms with Gasteiger partial charge in [-0.25, -0.2) is 0 Å². The molecule has 1 aliphatic heterocycles. The molecule has 2 amide bonds. The number of carbonyl (C=O) groups is 2. The molecule has 0 bridgehead atoms. The maximum Gasteiger partial charge on any atom is 0.260 e. The monoisotopic (exact) mass is 360 g/mol. The zero-order valence-electron chi connectivity index (χ0n) is 16.1. The highest BCUT2D eigenvalue weighted by molar-refractivity contribution is 5.80. The number of piperidine rings is 1. The van der Waals surface area contributed by atoms with Crippen LogP contribution in [-0.4, -0.2) is 43.0 Å². The van der Waals surface area contributed by atoms with Crippen LogP contribution in [0.5, 0.6) is 5.75 Å². The van der Waals surface area contributed by atoms with E-state index in [0.29, 0.717) is 13.1 Å². The molecule has 1 aromatic carbocycles. The lowest BCUT2D eigenvalue weighted by atomic mass is 9.96. The molecule has 0 aliphatic carbocycles. The standard InChI is InChI=1S/C21H32N2O3/c1-3-5-6-13-22-21(25)18-11-14-23(15-12-18)20(24)16-26-19-9-7-17(4-2)8-10-19/h7-10,18H,3-6,11-16H2,1-2H3,(H,22,25). The predicted molar refractivity (Wildman–Crippen MR) is 103 cm³/mol. The van der Waals surface area contributed by atoms with Gasteiger partial charge in [0.25, 0.3) is 5.91 Å². The minimum Gasteiger partial charge on any atom is -0.484 e. The van der Waals surface area contributed by atoms with E-state index in [1.807, 2.05) is 24.3 Å². The smallest absolute Gasteiger partial charge is 0.260 e. The van der Waals surface area contributed by atoms with Gasteiger partial charge in [0.15, 0.2) is 6.61 Å². The van der Waals surface area contributed by atoms with Crippen LogP contribution in [0.1, 0.15) is 51.5 Å². The Morgan fingerprint density at radius 3 is 2.42 bits per heavy atom. The Hall–Kier alpha value is -2.04. The van der Waals surface area contributed by atoms with E-state index in [4.69, 9.17) is 4.74 Å². The average molecular weight is 360 g/mol. The topological polar surface area (TPSA) is 58.6 Å². The molecule has 0 aromatic heterocycles. The normalized spacial score (nSPS) is 14.9. The van der Waals surface area contributed by atoms with E-state index in [1.165, 1.54) is 5.56 Å². The van der Waals surface area contributed by atoms with Gasteiger partial charge in [-0.1, -0.05) is 38.8 Å². The Morgan fingerprint density at radius 1 is 1.12 bits per heavy atom. The Kier molecular flexibility index (Phi) is 8.45. The maximum absolute atomic E-state index is 12.3. The third-order valence-electron chi connectivity index (χ3n) is 4.99. The summed E-state index contributed by atoms with van der Waals surface area (Å²) < 4.78 is 5.60. The number of hydrogen-bond donors (Lipinski definition) is 1. The zero-order valence-corrected chi connectivity index (χ0v) is 16.1. The highest BCUT2D eigenvalue weighted by Crippen LogP contribution is 2.18. The predicted octanol–water partition coefficient (Wildman–Crippen LogP) is 3.17. The summed E-state index contributed by atoms with van der Waals surface area (Å²) in [5.41, 5.74) is 1.25. The van der Waals surface area contributed by atoms with E-state index < -0.39 is 0 Å². The van der Waals surface area contributed by atoms with Crippen LogP contribution in [0.15, 0.2) is 24.3 Å². The lowest BCUT2D eigenvalue weighted by Crippen LogP contribution is -2.44. The van der Waals surface area contributed by atoms with Crippen LogP contribution in [0.25, 0.3) is 0 Å². The number of amides is 2. The van der Waals surface area contributed by atoms with Gasteiger partial charge in [0.2, 0.25) is 5.91 Å². The lowest BCUT2D eigenvalue weighted by molar-refractivity contribution is -0.137. The van der Waals surface area contributed by atoms with E-state index in [0.717, 1.165) is 50.8 Å². The molecule has 1 saturated heterocycles. The van der Waals surface area contributed by atoms with Crippen molar-refractivity contribution in [1.29, 1.82) is 0 Å². The number of carbonyl (C=O) groups excluding carboxylic acids is 2. The van der Waals surface area contributed by atoms with Crippen LogP contribution < -0.4 is 10.1 Å². The largest absolute Gasteiger partial charge is 0.484 e. The summed E-state index contributed by atoms with van der Waals surface area (Å²) in [4.78, 5) is 26.3. The van der Waals surface area contributed by atoms with Gasteiger partial charge in [-0.2, -0.15) is 0 Å². The molecular weight excluding hydrogens is 328 g/mol. The number of nitrogens with zero attached hydrogens (tertiary/aromatic N) is 1. The van der Waals surface area contributed by atoms with Gasteiger partial charge in [-0.3, -0.25) is 9.59 Å².